The number of hydrogen-bond donors (Lipinski definition) is 1. The largest absolute Gasteiger partial charge is 0.313 e. The normalized spacial score (nSPS) is 18.3. The van der Waals surface area contributed by atoms with Gasteiger partial charge in [-0.15, -0.1) is 0 Å². The molecule has 0 radical (unpaired) electrons. The summed E-state index contributed by atoms with van der Waals surface area (Å²) >= 11 is 0. The Hall–Kier alpha value is -2.95. The minimum absolute atomic E-state index is 0.214. The summed E-state index contributed by atoms with van der Waals surface area (Å²) in [4.78, 5) is 28.2. The Morgan fingerprint density at radius 3 is 2.91 bits per heavy atom. The maximum absolute atomic E-state index is 12.3. The fraction of sp³-hybridized carbons (Fsp3) is 0.167. The van der Waals surface area contributed by atoms with Crippen molar-refractivity contribution in [3.05, 3.63) is 48.7 Å². The molecule has 1 fully saturated rings. The van der Waals surface area contributed by atoms with Gasteiger partial charge in [0.15, 0.2) is 0 Å². The molecule has 0 saturated carbocycles. The van der Waals surface area contributed by atoms with Crippen LogP contribution in [0.4, 0.5) is 0 Å². The van der Waals surface area contributed by atoms with Crippen LogP contribution in [-0.2, 0) is 9.59 Å². The molecule has 0 spiro atoms. The number of rotatable bonds is 2. The van der Waals surface area contributed by atoms with Gasteiger partial charge in [-0.25, -0.2) is 4.98 Å². The van der Waals surface area contributed by atoms with Crippen molar-refractivity contribution in [3.8, 4) is 0 Å². The SMILES string of the molecule is C=Cc1ccc2c(c1)c1cccnc1n2C1CCC(=O)NC1=O. The van der Waals surface area contributed by atoms with E-state index in [0.29, 0.717) is 12.8 Å². The zero-order valence-corrected chi connectivity index (χ0v) is 12.5. The molecule has 3 heterocycles. The number of aromatic nitrogens is 2. The molecule has 0 bridgehead atoms. The average Bonchev–Trinajstić information content (AvgIpc) is 2.89. The van der Waals surface area contributed by atoms with Gasteiger partial charge in [0.1, 0.15) is 11.7 Å². The van der Waals surface area contributed by atoms with E-state index in [1.165, 1.54) is 0 Å². The van der Waals surface area contributed by atoms with Crippen molar-refractivity contribution in [1.29, 1.82) is 0 Å². The smallest absolute Gasteiger partial charge is 0.249 e. The summed E-state index contributed by atoms with van der Waals surface area (Å²) in [6.07, 6.45) is 4.35. The molecule has 1 atom stereocenters. The molecule has 4 rings (SSSR count). The van der Waals surface area contributed by atoms with Crippen LogP contribution in [0.3, 0.4) is 0 Å². The third-order valence-electron chi connectivity index (χ3n) is 4.34. The van der Waals surface area contributed by atoms with E-state index in [1.54, 1.807) is 12.3 Å². The van der Waals surface area contributed by atoms with Gasteiger partial charge in [-0.3, -0.25) is 14.9 Å². The third kappa shape index (κ3) is 2.04. The average molecular weight is 305 g/mol. The number of pyridine rings is 1. The summed E-state index contributed by atoms with van der Waals surface area (Å²) in [6.45, 7) is 3.81. The Bertz CT molecular complexity index is 971. The van der Waals surface area contributed by atoms with Crippen molar-refractivity contribution in [2.45, 2.75) is 18.9 Å². The van der Waals surface area contributed by atoms with E-state index >= 15 is 0 Å². The van der Waals surface area contributed by atoms with Gasteiger partial charge in [-0.1, -0.05) is 18.7 Å². The number of nitrogens with one attached hydrogen (secondary N) is 1. The minimum atomic E-state index is -0.419. The topological polar surface area (TPSA) is 64.0 Å². The predicted octanol–water partition coefficient (Wildman–Crippen LogP) is 2.81. The van der Waals surface area contributed by atoms with Crippen LogP contribution in [-0.4, -0.2) is 21.4 Å². The van der Waals surface area contributed by atoms with Gasteiger partial charge >= 0.3 is 0 Å². The van der Waals surface area contributed by atoms with Gasteiger partial charge in [0.2, 0.25) is 11.8 Å². The highest BCUT2D eigenvalue weighted by Gasteiger charge is 2.30. The molecule has 3 aromatic rings. The van der Waals surface area contributed by atoms with E-state index in [4.69, 9.17) is 0 Å². The number of imide groups is 1. The van der Waals surface area contributed by atoms with Gasteiger partial charge < -0.3 is 4.57 Å². The summed E-state index contributed by atoms with van der Waals surface area (Å²) in [6, 6.07) is 9.47. The molecule has 23 heavy (non-hydrogen) atoms. The lowest BCUT2D eigenvalue weighted by molar-refractivity contribution is -0.135. The van der Waals surface area contributed by atoms with Gasteiger partial charge in [-0.05, 0) is 36.2 Å². The lowest BCUT2D eigenvalue weighted by Crippen LogP contribution is -2.41. The van der Waals surface area contributed by atoms with Crippen molar-refractivity contribution in [2.75, 3.05) is 0 Å². The molecule has 1 saturated heterocycles. The predicted molar refractivity (Wildman–Crippen MR) is 88.8 cm³/mol. The fourth-order valence-corrected chi connectivity index (χ4v) is 3.26. The van der Waals surface area contributed by atoms with Gasteiger partial charge in [0.05, 0.1) is 5.52 Å². The van der Waals surface area contributed by atoms with E-state index in [-0.39, 0.29) is 11.8 Å². The lowest BCUT2D eigenvalue weighted by atomic mass is 10.1. The number of piperidine rings is 1. The molecule has 0 aliphatic carbocycles. The molecule has 5 heteroatoms. The number of benzene rings is 1. The maximum atomic E-state index is 12.3. The van der Waals surface area contributed by atoms with Crippen LogP contribution < -0.4 is 5.32 Å². The number of amides is 2. The van der Waals surface area contributed by atoms with E-state index in [2.05, 4.69) is 22.9 Å². The third-order valence-corrected chi connectivity index (χ3v) is 4.34. The molecule has 1 aromatic carbocycles. The first-order chi connectivity index (χ1) is 11.2. The minimum Gasteiger partial charge on any atom is -0.313 e. The van der Waals surface area contributed by atoms with Crippen LogP contribution in [0.2, 0.25) is 0 Å². The van der Waals surface area contributed by atoms with Crippen molar-refractivity contribution >= 4 is 39.8 Å². The van der Waals surface area contributed by atoms with Crippen LogP contribution in [0.25, 0.3) is 28.0 Å². The summed E-state index contributed by atoms with van der Waals surface area (Å²) < 4.78 is 1.94. The first-order valence-corrected chi connectivity index (χ1v) is 7.54. The van der Waals surface area contributed by atoms with Gasteiger partial charge in [-0.2, -0.15) is 0 Å². The Balaban J connectivity index is 2.02. The van der Waals surface area contributed by atoms with Gasteiger partial charge in [0.25, 0.3) is 0 Å². The van der Waals surface area contributed by atoms with Crippen molar-refractivity contribution in [2.24, 2.45) is 0 Å². The quantitative estimate of drug-likeness (QED) is 0.740. The summed E-state index contributed by atoms with van der Waals surface area (Å²) in [5.41, 5.74) is 2.72. The zero-order valence-electron chi connectivity index (χ0n) is 12.5. The van der Waals surface area contributed by atoms with Crippen LogP contribution in [0.15, 0.2) is 43.1 Å². The summed E-state index contributed by atoms with van der Waals surface area (Å²) in [7, 11) is 0. The van der Waals surface area contributed by atoms with E-state index in [9.17, 15) is 9.59 Å². The molecule has 2 aromatic heterocycles. The molecular formula is C18H15N3O2. The van der Waals surface area contributed by atoms with Crippen molar-refractivity contribution < 1.29 is 9.59 Å². The lowest BCUT2D eigenvalue weighted by Gasteiger charge is -2.23. The Morgan fingerprint density at radius 2 is 2.13 bits per heavy atom. The molecule has 1 N–H and O–H groups in total. The number of nitrogens with zero attached hydrogens (tertiary/aromatic N) is 2. The van der Waals surface area contributed by atoms with E-state index < -0.39 is 6.04 Å². The molecule has 2 amide bonds. The second-order valence-corrected chi connectivity index (χ2v) is 5.69. The Labute approximate surface area is 132 Å². The van der Waals surface area contributed by atoms with E-state index in [1.807, 2.05) is 28.8 Å². The first kappa shape index (κ1) is 13.7. The van der Waals surface area contributed by atoms with E-state index in [0.717, 1.165) is 27.5 Å². The first-order valence-electron chi connectivity index (χ1n) is 7.54. The summed E-state index contributed by atoms with van der Waals surface area (Å²) in [5.74, 6) is -0.479. The van der Waals surface area contributed by atoms with Crippen LogP contribution in [0.1, 0.15) is 24.4 Å². The number of hydrogen-bond acceptors (Lipinski definition) is 3. The van der Waals surface area contributed by atoms with Crippen LogP contribution >= 0.6 is 0 Å². The number of fused-ring (bicyclic) bond motifs is 3. The number of carbonyl (C=O) groups excluding carboxylic acids is 2. The Kier molecular flexibility index (Phi) is 3.01. The molecule has 5 nitrogen and oxygen atoms in total. The van der Waals surface area contributed by atoms with Crippen LogP contribution in [0, 0.1) is 0 Å². The Morgan fingerprint density at radius 1 is 1.26 bits per heavy atom. The highest BCUT2D eigenvalue weighted by molar-refractivity contribution is 6.09. The fourth-order valence-electron chi connectivity index (χ4n) is 3.26. The standard InChI is InChI=1S/C18H15N3O2/c1-2-11-5-6-14-13(10-11)12-4-3-9-19-17(12)21(14)15-7-8-16(22)20-18(15)23/h2-6,9-10,15H,1,7-8H2,(H,20,22,23). The summed E-state index contributed by atoms with van der Waals surface area (Å²) in [5, 5.41) is 4.46. The zero-order chi connectivity index (χ0) is 16.0. The molecule has 114 valence electrons. The molecule has 1 aliphatic rings. The highest BCUT2D eigenvalue weighted by Crippen LogP contribution is 2.33. The molecule has 1 aliphatic heterocycles. The highest BCUT2D eigenvalue weighted by atomic mass is 16.2. The maximum Gasteiger partial charge on any atom is 0.249 e. The molecular weight excluding hydrogens is 290 g/mol. The van der Waals surface area contributed by atoms with Crippen molar-refractivity contribution in [3.63, 3.8) is 0 Å². The second kappa shape index (κ2) is 5.05. The van der Waals surface area contributed by atoms with Gasteiger partial charge in [0, 0.05) is 23.4 Å². The monoisotopic (exact) mass is 305 g/mol. The van der Waals surface area contributed by atoms with Crippen LogP contribution in [0.5, 0.6) is 0 Å². The van der Waals surface area contributed by atoms with Crippen molar-refractivity contribution in [1.82, 2.24) is 14.9 Å². The second-order valence-electron chi connectivity index (χ2n) is 5.69. The molecule has 1 unspecified atom stereocenters. The number of carbonyl (C=O) groups is 2.